The molecule has 7 heteroatoms. The van der Waals surface area contributed by atoms with Crippen LogP contribution in [0.5, 0.6) is 0 Å². The Labute approximate surface area is 169 Å². The number of nitrogens with one attached hydrogen (secondary N) is 1. The van der Waals surface area contributed by atoms with E-state index in [1.165, 1.54) is 11.3 Å². The number of rotatable bonds is 4. The van der Waals surface area contributed by atoms with Crippen molar-refractivity contribution < 1.29 is 18.1 Å². The van der Waals surface area contributed by atoms with Gasteiger partial charge in [0, 0.05) is 12.1 Å². The molecule has 1 amide bonds. The van der Waals surface area contributed by atoms with Crippen molar-refractivity contribution in [1.82, 2.24) is 9.21 Å². The highest BCUT2D eigenvalue weighted by atomic mass is 32.2. The number of nitrogens with zero attached hydrogens (tertiary/aromatic N) is 2. The molecule has 6 nitrogen and oxygen atoms in total. The Bertz CT molecular complexity index is 806. The average molecular weight is 409 g/mol. The minimum Gasteiger partial charge on any atom is -0.332 e. The zero-order valence-corrected chi connectivity index (χ0v) is 18.4. The van der Waals surface area contributed by atoms with Gasteiger partial charge in [0.2, 0.25) is 10.0 Å². The molecule has 1 aromatic carbocycles. The van der Waals surface area contributed by atoms with E-state index in [0.717, 1.165) is 24.0 Å². The SMILES string of the molecule is Cc1ccc(C)c(S(=O)(=O)N2CC[NH+](CC(=O)N3[C@H](C)CCC[C@H]3C)CC2)c1. The molecule has 0 saturated carbocycles. The number of piperazine rings is 1. The number of carbonyl (C=O) groups excluding carboxylic acids is 1. The van der Waals surface area contributed by atoms with E-state index in [1.54, 1.807) is 10.4 Å². The monoisotopic (exact) mass is 408 g/mol. The van der Waals surface area contributed by atoms with Gasteiger partial charge in [-0.15, -0.1) is 0 Å². The Hall–Kier alpha value is -1.44. The summed E-state index contributed by atoms with van der Waals surface area (Å²) >= 11 is 0. The highest BCUT2D eigenvalue weighted by Gasteiger charge is 2.35. The van der Waals surface area contributed by atoms with Gasteiger partial charge >= 0.3 is 0 Å². The van der Waals surface area contributed by atoms with Crippen LogP contribution in [0.25, 0.3) is 0 Å². The van der Waals surface area contributed by atoms with E-state index < -0.39 is 10.0 Å². The van der Waals surface area contributed by atoms with E-state index in [4.69, 9.17) is 0 Å². The van der Waals surface area contributed by atoms with Crippen LogP contribution in [0.3, 0.4) is 0 Å². The number of hydrogen-bond acceptors (Lipinski definition) is 3. The first kappa shape index (κ1) is 21.3. The van der Waals surface area contributed by atoms with E-state index in [9.17, 15) is 13.2 Å². The predicted molar refractivity (Wildman–Crippen MR) is 110 cm³/mol. The van der Waals surface area contributed by atoms with Crippen LogP contribution in [0, 0.1) is 13.8 Å². The second-order valence-electron chi connectivity index (χ2n) is 8.53. The molecule has 2 atom stereocenters. The maximum atomic E-state index is 13.1. The molecule has 0 radical (unpaired) electrons. The van der Waals surface area contributed by atoms with Crippen molar-refractivity contribution in [2.75, 3.05) is 32.7 Å². The van der Waals surface area contributed by atoms with Gasteiger partial charge in [0.05, 0.1) is 31.1 Å². The fourth-order valence-corrected chi connectivity index (χ4v) is 6.31. The Morgan fingerprint density at radius 2 is 1.71 bits per heavy atom. The number of hydrogen-bond donors (Lipinski definition) is 1. The number of piperidine rings is 1. The Morgan fingerprint density at radius 3 is 2.32 bits per heavy atom. The van der Waals surface area contributed by atoms with Crippen LogP contribution in [0.4, 0.5) is 0 Å². The molecule has 2 aliphatic heterocycles. The lowest BCUT2D eigenvalue weighted by Gasteiger charge is -2.40. The molecular formula is C21H34N3O3S+. The predicted octanol–water partition coefficient (Wildman–Crippen LogP) is 0.982. The number of likely N-dealkylation sites (tertiary alicyclic amines) is 1. The largest absolute Gasteiger partial charge is 0.332 e. The number of carbonyl (C=O) groups is 1. The summed E-state index contributed by atoms with van der Waals surface area (Å²) in [6.45, 7) is 10.8. The number of benzene rings is 1. The van der Waals surface area contributed by atoms with Crippen molar-refractivity contribution in [2.24, 2.45) is 0 Å². The second kappa shape index (κ2) is 8.51. The molecule has 2 aliphatic rings. The maximum Gasteiger partial charge on any atom is 0.278 e. The fraction of sp³-hybridized carbons (Fsp3) is 0.667. The minimum absolute atomic E-state index is 0.209. The molecule has 1 aromatic rings. The first-order valence-electron chi connectivity index (χ1n) is 10.4. The summed E-state index contributed by atoms with van der Waals surface area (Å²) in [5.41, 5.74) is 1.73. The third-order valence-corrected chi connectivity index (χ3v) is 8.31. The molecule has 0 unspecified atom stereocenters. The molecule has 3 rings (SSSR count). The van der Waals surface area contributed by atoms with Crippen molar-refractivity contribution in [3.8, 4) is 0 Å². The average Bonchev–Trinajstić information content (AvgIpc) is 2.64. The number of quaternary nitrogens is 1. The van der Waals surface area contributed by atoms with Crippen LogP contribution in [0.15, 0.2) is 23.1 Å². The molecular weight excluding hydrogens is 374 g/mol. The van der Waals surface area contributed by atoms with E-state index in [2.05, 4.69) is 18.7 Å². The minimum atomic E-state index is -3.48. The first-order chi connectivity index (χ1) is 13.2. The van der Waals surface area contributed by atoms with E-state index in [0.29, 0.717) is 49.7 Å². The zero-order chi connectivity index (χ0) is 20.5. The molecule has 2 saturated heterocycles. The highest BCUT2D eigenvalue weighted by molar-refractivity contribution is 7.89. The number of sulfonamides is 1. The first-order valence-corrected chi connectivity index (χ1v) is 11.9. The maximum absolute atomic E-state index is 13.1. The van der Waals surface area contributed by atoms with Crippen LogP contribution in [0.2, 0.25) is 0 Å². The summed E-state index contributed by atoms with van der Waals surface area (Å²) in [7, 11) is -3.48. The lowest BCUT2D eigenvalue weighted by molar-refractivity contribution is -0.896. The molecule has 156 valence electrons. The third kappa shape index (κ3) is 4.42. The molecule has 1 N–H and O–H groups in total. The molecule has 0 spiro atoms. The summed E-state index contributed by atoms with van der Waals surface area (Å²) in [5.74, 6) is 0.209. The summed E-state index contributed by atoms with van der Waals surface area (Å²) in [6.07, 6.45) is 3.34. The van der Waals surface area contributed by atoms with Crippen LogP contribution < -0.4 is 4.90 Å². The molecule has 0 aromatic heterocycles. The van der Waals surface area contributed by atoms with Crippen molar-refractivity contribution in [3.63, 3.8) is 0 Å². The van der Waals surface area contributed by atoms with Gasteiger partial charge in [0.1, 0.15) is 0 Å². The van der Waals surface area contributed by atoms with Crippen LogP contribution >= 0.6 is 0 Å². The Kier molecular flexibility index (Phi) is 6.47. The molecule has 2 fully saturated rings. The van der Waals surface area contributed by atoms with Crippen molar-refractivity contribution in [1.29, 1.82) is 0 Å². The standard InChI is InChI=1S/C21H33N3O3S/c1-16-8-9-17(2)20(14-16)28(26,27)23-12-10-22(11-13-23)15-21(25)24-18(3)6-5-7-19(24)4/h8-9,14,18-19H,5-7,10-13,15H2,1-4H3/p+1/t18-,19-/m1/s1. The molecule has 28 heavy (non-hydrogen) atoms. The fourth-order valence-electron chi connectivity index (χ4n) is 4.56. The second-order valence-corrected chi connectivity index (χ2v) is 10.4. The zero-order valence-electron chi connectivity index (χ0n) is 17.6. The van der Waals surface area contributed by atoms with Gasteiger partial charge in [-0.1, -0.05) is 12.1 Å². The Morgan fingerprint density at radius 1 is 1.11 bits per heavy atom. The molecule has 2 heterocycles. The van der Waals surface area contributed by atoms with Crippen molar-refractivity contribution in [2.45, 2.75) is 63.9 Å². The number of aryl methyl sites for hydroxylation is 2. The quantitative estimate of drug-likeness (QED) is 0.808. The normalized spacial score (nSPS) is 25.1. The summed E-state index contributed by atoms with van der Waals surface area (Å²) in [6, 6.07) is 6.17. The van der Waals surface area contributed by atoms with E-state index >= 15 is 0 Å². The van der Waals surface area contributed by atoms with Crippen LogP contribution in [0.1, 0.15) is 44.2 Å². The van der Waals surface area contributed by atoms with E-state index in [1.807, 2.05) is 26.0 Å². The summed E-state index contributed by atoms with van der Waals surface area (Å²) in [5, 5.41) is 0. The smallest absolute Gasteiger partial charge is 0.278 e. The van der Waals surface area contributed by atoms with Gasteiger partial charge in [-0.2, -0.15) is 4.31 Å². The van der Waals surface area contributed by atoms with Crippen molar-refractivity contribution in [3.05, 3.63) is 29.3 Å². The van der Waals surface area contributed by atoms with E-state index in [-0.39, 0.29) is 5.91 Å². The number of amides is 1. The highest BCUT2D eigenvalue weighted by Crippen LogP contribution is 2.23. The molecule has 0 bridgehead atoms. The van der Waals surface area contributed by atoms with Crippen LogP contribution in [-0.4, -0.2) is 68.3 Å². The van der Waals surface area contributed by atoms with Gasteiger partial charge in [-0.25, -0.2) is 8.42 Å². The van der Waals surface area contributed by atoms with Gasteiger partial charge in [-0.3, -0.25) is 4.79 Å². The third-order valence-electron chi connectivity index (χ3n) is 6.27. The van der Waals surface area contributed by atoms with Crippen LogP contribution in [-0.2, 0) is 14.8 Å². The topological polar surface area (TPSA) is 62.1 Å². The lowest BCUT2D eigenvalue weighted by Crippen LogP contribution is -3.16. The molecule has 0 aliphatic carbocycles. The summed E-state index contributed by atoms with van der Waals surface area (Å²) < 4.78 is 27.7. The van der Waals surface area contributed by atoms with Gasteiger partial charge in [0.15, 0.2) is 6.54 Å². The Balaban J connectivity index is 1.61. The van der Waals surface area contributed by atoms with Crippen molar-refractivity contribution >= 4 is 15.9 Å². The van der Waals surface area contributed by atoms with Gasteiger partial charge < -0.3 is 9.80 Å². The lowest BCUT2D eigenvalue weighted by atomic mass is 9.97. The summed E-state index contributed by atoms with van der Waals surface area (Å²) in [4.78, 5) is 16.5. The van der Waals surface area contributed by atoms with Gasteiger partial charge in [0.25, 0.3) is 5.91 Å². The van der Waals surface area contributed by atoms with Gasteiger partial charge in [-0.05, 0) is 64.2 Å².